The Morgan fingerprint density at radius 3 is 2.47 bits per heavy atom. The van der Waals surface area contributed by atoms with Crippen molar-refractivity contribution in [3.05, 3.63) is 34.4 Å². The molecule has 0 saturated carbocycles. The summed E-state index contributed by atoms with van der Waals surface area (Å²) in [6.45, 7) is 4.55. The Kier molecular flexibility index (Phi) is 4.48. The number of benzene rings is 1. The van der Waals surface area contributed by atoms with Crippen molar-refractivity contribution < 1.29 is 8.78 Å². The van der Waals surface area contributed by atoms with Crippen molar-refractivity contribution in [2.45, 2.75) is 26.3 Å². The van der Waals surface area contributed by atoms with Crippen LogP contribution in [0.1, 0.15) is 31.9 Å². The lowest BCUT2D eigenvalue weighted by Gasteiger charge is -2.17. The highest BCUT2D eigenvalue weighted by atomic mass is 35.5. The van der Waals surface area contributed by atoms with E-state index < -0.39 is 11.6 Å². The fourth-order valence-electron chi connectivity index (χ4n) is 1.53. The summed E-state index contributed by atoms with van der Waals surface area (Å²) in [7, 11) is 0. The van der Waals surface area contributed by atoms with Crippen LogP contribution in [0, 0.1) is 11.6 Å². The van der Waals surface area contributed by atoms with Crippen molar-refractivity contribution in [1.29, 1.82) is 0 Å². The van der Waals surface area contributed by atoms with E-state index in [-0.39, 0.29) is 11.1 Å². The van der Waals surface area contributed by atoms with E-state index in [1.54, 1.807) is 0 Å². The molecular weight excluding hydrogens is 220 g/mol. The molecule has 0 spiro atoms. The van der Waals surface area contributed by atoms with Gasteiger partial charge in [-0.05, 0) is 25.1 Å². The minimum absolute atomic E-state index is 0.165. The molecule has 0 radical (unpaired) electrons. The van der Waals surface area contributed by atoms with Crippen molar-refractivity contribution in [1.82, 2.24) is 5.32 Å². The van der Waals surface area contributed by atoms with Crippen molar-refractivity contribution in [2.24, 2.45) is 0 Å². The highest BCUT2D eigenvalue weighted by molar-refractivity contribution is 6.30. The van der Waals surface area contributed by atoms with Gasteiger partial charge in [0.25, 0.3) is 0 Å². The van der Waals surface area contributed by atoms with Crippen LogP contribution in [0.5, 0.6) is 0 Å². The predicted octanol–water partition coefficient (Wildman–Crippen LogP) is 3.68. The van der Waals surface area contributed by atoms with Gasteiger partial charge in [0.05, 0.1) is 5.02 Å². The predicted molar refractivity (Wildman–Crippen MR) is 58.1 cm³/mol. The van der Waals surface area contributed by atoms with Crippen LogP contribution in [-0.2, 0) is 0 Å². The summed E-state index contributed by atoms with van der Waals surface area (Å²) in [6.07, 6.45) is 0.700. The lowest BCUT2D eigenvalue weighted by molar-refractivity contribution is 0.494. The van der Waals surface area contributed by atoms with Crippen molar-refractivity contribution in [3.63, 3.8) is 0 Å². The summed E-state index contributed by atoms with van der Waals surface area (Å²) in [4.78, 5) is 0. The van der Waals surface area contributed by atoms with E-state index in [1.807, 2.05) is 13.8 Å². The summed E-state index contributed by atoms with van der Waals surface area (Å²) in [5.41, 5.74) is 0.334. The summed E-state index contributed by atoms with van der Waals surface area (Å²) in [5, 5.41) is 2.91. The molecule has 0 aliphatic rings. The van der Waals surface area contributed by atoms with Gasteiger partial charge in [-0.25, -0.2) is 8.78 Å². The molecular formula is C11H14ClF2N. The number of hydrogen-bond acceptors (Lipinski definition) is 1. The van der Waals surface area contributed by atoms with Gasteiger partial charge in [-0.15, -0.1) is 0 Å². The molecule has 0 amide bonds. The first-order valence-electron chi connectivity index (χ1n) is 4.98. The number of rotatable bonds is 4. The van der Waals surface area contributed by atoms with E-state index in [1.165, 1.54) is 0 Å². The molecule has 0 saturated heterocycles. The van der Waals surface area contributed by atoms with E-state index in [2.05, 4.69) is 5.32 Å². The van der Waals surface area contributed by atoms with Crippen molar-refractivity contribution in [3.8, 4) is 0 Å². The normalized spacial score (nSPS) is 12.9. The zero-order valence-electron chi connectivity index (χ0n) is 8.78. The first kappa shape index (κ1) is 12.4. The Balaban J connectivity index is 3.06. The van der Waals surface area contributed by atoms with Gasteiger partial charge in [0, 0.05) is 11.6 Å². The second kappa shape index (κ2) is 5.42. The first-order chi connectivity index (χ1) is 7.10. The molecule has 15 heavy (non-hydrogen) atoms. The second-order valence-electron chi connectivity index (χ2n) is 3.31. The van der Waals surface area contributed by atoms with Crippen LogP contribution in [0.4, 0.5) is 8.78 Å². The maximum atomic E-state index is 13.5. The Labute approximate surface area is 93.4 Å². The van der Waals surface area contributed by atoms with Gasteiger partial charge >= 0.3 is 0 Å². The lowest BCUT2D eigenvalue weighted by atomic mass is 10.0. The van der Waals surface area contributed by atoms with Gasteiger partial charge in [-0.1, -0.05) is 25.4 Å². The standard InChI is InChI=1S/C11H14ClF2N/c1-3-11(15-4-2)7-5-10(14)8(12)6-9(7)13/h5-6,11,15H,3-4H2,1-2H3. The van der Waals surface area contributed by atoms with Crippen LogP contribution in [0.25, 0.3) is 0 Å². The molecule has 1 nitrogen and oxygen atoms in total. The summed E-state index contributed by atoms with van der Waals surface area (Å²) in [6, 6.07) is 2.02. The first-order valence-corrected chi connectivity index (χ1v) is 5.35. The summed E-state index contributed by atoms with van der Waals surface area (Å²) >= 11 is 5.48. The zero-order chi connectivity index (χ0) is 11.4. The van der Waals surface area contributed by atoms with E-state index >= 15 is 0 Å². The molecule has 1 unspecified atom stereocenters. The zero-order valence-corrected chi connectivity index (χ0v) is 9.54. The quantitative estimate of drug-likeness (QED) is 0.783. The Morgan fingerprint density at radius 1 is 1.27 bits per heavy atom. The monoisotopic (exact) mass is 233 g/mol. The molecule has 4 heteroatoms. The van der Waals surface area contributed by atoms with Crippen molar-refractivity contribution >= 4 is 11.6 Å². The molecule has 1 N–H and O–H groups in total. The van der Waals surface area contributed by atoms with E-state index in [9.17, 15) is 8.78 Å². The summed E-state index contributed by atoms with van der Waals surface area (Å²) < 4.78 is 26.7. The van der Waals surface area contributed by atoms with Gasteiger partial charge in [0.1, 0.15) is 11.6 Å². The minimum Gasteiger partial charge on any atom is -0.310 e. The smallest absolute Gasteiger partial charge is 0.142 e. The maximum absolute atomic E-state index is 13.5. The van der Waals surface area contributed by atoms with Crippen LogP contribution in [-0.4, -0.2) is 6.54 Å². The highest BCUT2D eigenvalue weighted by Crippen LogP contribution is 2.25. The minimum atomic E-state index is -0.579. The molecule has 1 aromatic rings. The van der Waals surface area contributed by atoms with Crippen LogP contribution in [0.15, 0.2) is 12.1 Å². The molecule has 1 atom stereocenters. The van der Waals surface area contributed by atoms with Gasteiger partial charge in [-0.3, -0.25) is 0 Å². The lowest BCUT2D eigenvalue weighted by Crippen LogP contribution is -2.21. The third kappa shape index (κ3) is 2.89. The van der Waals surface area contributed by atoms with Crippen LogP contribution >= 0.6 is 11.6 Å². The third-order valence-corrected chi connectivity index (χ3v) is 2.56. The fraction of sp³-hybridized carbons (Fsp3) is 0.455. The molecule has 0 heterocycles. The summed E-state index contributed by atoms with van der Waals surface area (Å²) in [5.74, 6) is -1.04. The molecule has 0 bridgehead atoms. The Bertz CT molecular complexity index is 342. The average Bonchev–Trinajstić information content (AvgIpc) is 2.20. The maximum Gasteiger partial charge on any atom is 0.142 e. The van der Waals surface area contributed by atoms with E-state index in [0.717, 1.165) is 12.1 Å². The molecule has 0 aromatic heterocycles. The SMILES string of the molecule is CCNC(CC)c1cc(F)c(Cl)cc1F. The van der Waals surface area contributed by atoms with Crippen LogP contribution in [0.2, 0.25) is 5.02 Å². The molecule has 84 valence electrons. The van der Waals surface area contributed by atoms with Crippen LogP contribution in [0.3, 0.4) is 0 Å². The molecule has 0 aliphatic heterocycles. The Hall–Kier alpha value is -0.670. The molecule has 0 aliphatic carbocycles. The van der Waals surface area contributed by atoms with Gasteiger partial charge < -0.3 is 5.32 Å². The van der Waals surface area contributed by atoms with Gasteiger partial charge in [-0.2, -0.15) is 0 Å². The number of nitrogens with one attached hydrogen (secondary N) is 1. The topological polar surface area (TPSA) is 12.0 Å². The molecule has 0 fully saturated rings. The Morgan fingerprint density at radius 2 is 1.93 bits per heavy atom. The molecule has 1 aromatic carbocycles. The van der Waals surface area contributed by atoms with E-state index in [0.29, 0.717) is 18.5 Å². The highest BCUT2D eigenvalue weighted by Gasteiger charge is 2.15. The third-order valence-electron chi connectivity index (χ3n) is 2.27. The van der Waals surface area contributed by atoms with Crippen molar-refractivity contribution in [2.75, 3.05) is 6.54 Å². The largest absolute Gasteiger partial charge is 0.310 e. The van der Waals surface area contributed by atoms with Crippen LogP contribution < -0.4 is 5.32 Å². The second-order valence-corrected chi connectivity index (χ2v) is 3.71. The molecule has 1 rings (SSSR count). The fourth-order valence-corrected chi connectivity index (χ4v) is 1.68. The van der Waals surface area contributed by atoms with Gasteiger partial charge in [0.2, 0.25) is 0 Å². The van der Waals surface area contributed by atoms with E-state index in [4.69, 9.17) is 11.6 Å². The number of hydrogen-bond donors (Lipinski definition) is 1. The van der Waals surface area contributed by atoms with Gasteiger partial charge in [0.15, 0.2) is 0 Å². The number of halogens is 3. The average molecular weight is 234 g/mol.